The van der Waals surface area contributed by atoms with Crippen molar-refractivity contribution in [1.29, 1.82) is 0 Å². The Labute approximate surface area is 133 Å². The van der Waals surface area contributed by atoms with Crippen LogP contribution in [0.25, 0.3) is 0 Å². The number of hydrogen-bond acceptors (Lipinski definition) is 4. The lowest BCUT2D eigenvalue weighted by Crippen LogP contribution is -2.26. The molecule has 0 unspecified atom stereocenters. The zero-order chi connectivity index (χ0) is 16.7. The Bertz CT molecular complexity index is 791. The van der Waals surface area contributed by atoms with Crippen molar-refractivity contribution in [1.82, 2.24) is 0 Å². The minimum absolute atomic E-state index is 0.0888. The number of Topliss-reactive ketones (excluding diaryl/α,β-unsaturated/α-hetero) is 2. The van der Waals surface area contributed by atoms with Crippen LogP contribution in [0.2, 0.25) is 0 Å². The third-order valence-electron chi connectivity index (χ3n) is 3.75. The molecule has 5 nitrogen and oxygen atoms in total. The van der Waals surface area contributed by atoms with Gasteiger partial charge in [-0.25, -0.2) is 0 Å². The smallest absolute Gasteiger partial charge is 0.228 e. The van der Waals surface area contributed by atoms with Crippen molar-refractivity contribution in [2.45, 2.75) is 20.8 Å². The van der Waals surface area contributed by atoms with E-state index in [4.69, 9.17) is 4.74 Å². The molecule has 0 spiro atoms. The molecule has 0 fully saturated rings. The summed E-state index contributed by atoms with van der Waals surface area (Å²) in [7, 11) is 0. The van der Waals surface area contributed by atoms with Crippen LogP contribution in [0.1, 0.15) is 41.5 Å². The van der Waals surface area contributed by atoms with Crippen LogP contribution in [0.15, 0.2) is 36.4 Å². The van der Waals surface area contributed by atoms with E-state index in [1.807, 2.05) is 0 Å². The standard InChI is InChI=1S/C18H15NO4/c1-10(20)13-4-6-15-17(8-13)23-18-9-14(11(2)21)5-7-16(18)19(15)12(3)22/h4-9H,1-3H3. The highest BCUT2D eigenvalue weighted by molar-refractivity contribution is 6.05. The highest BCUT2D eigenvalue weighted by Crippen LogP contribution is 2.47. The molecule has 0 N–H and O–H groups in total. The molecule has 116 valence electrons. The zero-order valence-corrected chi connectivity index (χ0v) is 13.0. The average Bonchev–Trinajstić information content (AvgIpc) is 2.50. The van der Waals surface area contributed by atoms with Crippen molar-refractivity contribution in [3.05, 3.63) is 47.5 Å². The molecule has 1 heterocycles. The molecule has 3 rings (SSSR count). The van der Waals surface area contributed by atoms with Crippen molar-refractivity contribution in [3.63, 3.8) is 0 Å². The second-order valence-electron chi connectivity index (χ2n) is 5.43. The largest absolute Gasteiger partial charge is 0.453 e. The first-order chi connectivity index (χ1) is 10.9. The van der Waals surface area contributed by atoms with Gasteiger partial charge in [0, 0.05) is 18.1 Å². The number of hydrogen-bond donors (Lipinski definition) is 0. The van der Waals surface area contributed by atoms with Crippen molar-refractivity contribution >= 4 is 28.8 Å². The van der Waals surface area contributed by atoms with E-state index in [9.17, 15) is 14.4 Å². The van der Waals surface area contributed by atoms with Crippen LogP contribution < -0.4 is 9.64 Å². The lowest BCUT2D eigenvalue weighted by atomic mass is 10.1. The molecule has 0 aliphatic carbocycles. The summed E-state index contributed by atoms with van der Waals surface area (Å²) in [5.41, 5.74) is 2.15. The molecule has 2 aromatic rings. The normalized spacial score (nSPS) is 12.0. The molecule has 1 aliphatic rings. The molecule has 2 aromatic carbocycles. The number of nitrogens with zero attached hydrogens (tertiary/aromatic N) is 1. The predicted molar refractivity (Wildman–Crippen MR) is 85.8 cm³/mol. The first-order valence-corrected chi connectivity index (χ1v) is 7.17. The van der Waals surface area contributed by atoms with Gasteiger partial charge in [-0.1, -0.05) is 0 Å². The molecular formula is C18H15NO4. The van der Waals surface area contributed by atoms with Gasteiger partial charge in [0.15, 0.2) is 23.1 Å². The number of rotatable bonds is 2. The summed E-state index contributed by atoms with van der Waals surface area (Å²) >= 11 is 0. The van der Waals surface area contributed by atoms with Crippen LogP contribution in [0, 0.1) is 0 Å². The van der Waals surface area contributed by atoms with Gasteiger partial charge < -0.3 is 4.74 Å². The predicted octanol–water partition coefficient (Wildman–Crippen LogP) is 3.88. The van der Waals surface area contributed by atoms with Crippen molar-refractivity contribution in [2.75, 3.05) is 4.90 Å². The Kier molecular flexibility index (Phi) is 3.48. The molecule has 1 amide bonds. The quantitative estimate of drug-likeness (QED) is 0.790. The van der Waals surface area contributed by atoms with Gasteiger partial charge in [-0.05, 0) is 50.2 Å². The summed E-state index contributed by atoms with van der Waals surface area (Å²) in [6, 6.07) is 9.92. The van der Waals surface area contributed by atoms with Gasteiger partial charge in [-0.15, -0.1) is 0 Å². The first kappa shape index (κ1) is 15.0. The fraction of sp³-hybridized carbons (Fsp3) is 0.167. The molecule has 0 radical (unpaired) electrons. The van der Waals surface area contributed by atoms with Crippen molar-refractivity contribution < 1.29 is 19.1 Å². The number of amides is 1. The van der Waals surface area contributed by atoms with E-state index >= 15 is 0 Å². The van der Waals surface area contributed by atoms with E-state index < -0.39 is 0 Å². The van der Waals surface area contributed by atoms with Crippen LogP contribution in [-0.4, -0.2) is 17.5 Å². The number of ether oxygens (including phenoxy) is 1. The fourth-order valence-electron chi connectivity index (χ4n) is 2.59. The van der Waals surface area contributed by atoms with E-state index in [0.717, 1.165) is 0 Å². The first-order valence-electron chi connectivity index (χ1n) is 7.17. The second kappa shape index (κ2) is 5.35. The lowest BCUT2D eigenvalue weighted by Gasteiger charge is -2.30. The number of fused-ring (bicyclic) bond motifs is 2. The Morgan fingerprint density at radius 3 is 1.57 bits per heavy atom. The molecule has 0 bridgehead atoms. The molecule has 5 heteroatoms. The Morgan fingerprint density at radius 2 is 1.22 bits per heavy atom. The summed E-state index contributed by atoms with van der Waals surface area (Å²) < 4.78 is 5.84. The summed E-state index contributed by atoms with van der Waals surface area (Å²) in [5.74, 6) is 0.479. The maximum Gasteiger partial charge on any atom is 0.228 e. The third kappa shape index (κ3) is 2.50. The summed E-state index contributed by atoms with van der Waals surface area (Å²) in [6.07, 6.45) is 0. The highest BCUT2D eigenvalue weighted by Gasteiger charge is 2.28. The SMILES string of the molecule is CC(=O)c1ccc2c(c1)Oc1cc(C(C)=O)ccc1N2C(C)=O. The number of ketones is 2. The third-order valence-corrected chi connectivity index (χ3v) is 3.75. The van der Waals surface area contributed by atoms with Gasteiger partial charge in [0.05, 0.1) is 11.4 Å². The van der Waals surface area contributed by atoms with Crippen LogP contribution in [0.4, 0.5) is 11.4 Å². The van der Waals surface area contributed by atoms with Crippen molar-refractivity contribution in [3.8, 4) is 11.5 Å². The molecule has 0 saturated heterocycles. The molecule has 0 atom stereocenters. The molecule has 0 aromatic heterocycles. The molecule has 1 aliphatic heterocycles. The Balaban J connectivity index is 2.19. The Morgan fingerprint density at radius 1 is 0.783 bits per heavy atom. The van der Waals surface area contributed by atoms with Gasteiger partial charge in [-0.2, -0.15) is 0 Å². The minimum atomic E-state index is -0.179. The van der Waals surface area contributed by atoms with Crippen LogP contribution >= 0.6 is 0 Å². The number of anilines is 2. The van der Waals surface area contributed by atoms with E-state index in [1.54, 1.807) is 36.4 Å². The summed E-state index contributed by atoms with van der Waals surface area (Å²) in [4.78, 5) is 36.7. The lowest BCUT2D eigenvalue weighted by molar-refractivity contribution is -0.115. The van der Waals surface area contributed by atoms with Crippen LogP contribution in [-0.2, 0) is 4.79 Å². The fourth-order valence-corrected chi connectivity index (χ4v) is 2.59. The maximum atomic E-state index is 12.1. The maximum absolute atomic E-state index is 12.1. The Hall–Kier alpha value is -2.95. The van der Waals surface area contributed by atoms with E-state index in [2.05, 4.69) is 0 Å². The van der Waals surface area contributed by atoms with Crippen molar-refractivity contribution in [2.24, 2.45) is 0 Å². The second-order valence-corrected chi connectivity index (χ2v) is 5.43. The number of benzene rings is 2. The topological polar surface area (TPSA) is 63.7 Å². The average molecular weight is 309 g/mol. The summed E-state index contributed by atoms with van der Waals surface area (Å²) in [5, 5.41) is 0. The van der Waals surface area contributed by atoms with Gasteiger partial charge in [-0.3, -0.25) is 19.3 Å². The molecule has 23 heavy (non-hydrogen) atoms. The number of carbonyl (C=O) groups is 3. The molecule has 0 saturated carbocycles. The van der Waals surface area contributed by atoms with Crippen LogP contribution in [0.5, 0.6) is 11.5 Å². The summed E-state index contributed by atoms with van der Waals surface area (Å²) in [6.45, 7) is 4.39. The number of carbonyl (C=O) groups excluding carboxylic acids is 3. The monoisotopic (exact) mass is 309 g/mol. The van der Waals surface area contributed by atoms with Gasteiger partial charge >= 0.3 is 0 Å². The van der Waals surface area contributed by atoms with E-state index in [-0.39, 0.29) is 17.5 Å². The minimum Gasteiger partial charge on any atom is -0.453 e. The van der Waals surface area contributed by atoms with Gasteiger partial charge in [0.25, 0.3) is 0 Å². The van der Waals surface area contributed by atoms with E-state index in [1.165, 1.54) is 25.7 Å². The van der Waals surface area contributed by atoms with E-state index in [0.29, 0.717) is 34.0 Å². The van der Waals surface area contributed by atoms with Gasteiger partial charge in [0.2, 0.25) is 5.91 Å². The van der Waals surface area contributed by atoms with Gasteiger partial charge in [0.1, 0.15) is 0 Å². The zero-order valence-electron chi connectivity index (χ0n) is 13.0. The molecular weight excluding hydrogens is 294 g/mol. The highest BCUT2D eigenvalue weighted by atomic mass is 16.5. The van der Waals surface area contributed by atoms with Crippen LogP contribution in [0.3, 0.4) is 0 Å².